The summed E-state index contributed by atoms with van der Waals surface area (Å²) in [6.45, 7) is 3.82. The third-order valence-electron chi connectivity index (χ3n) is 4.29. The zero-order valence-electron chi connectivity index (χ0n) is 15.6. The molecule has 8 heteroatoms. The maximum Gasteiger partial charge on any atom is 0.311 e. The number of hydrogen-bond acceptors (Lipinski definition) is 5. The van der Waals surface area contributed by atoms with Crippen molar-refractivity contribution in [1.29, 1.82) is 0 Å². The molecule has 1 aromatic carbocycles. The van der Waals surface area contributed by atoms with Crippen molar-refractivity contribution in [3.8, 4) is 0 Å². The number of para-hydroxylation sites is 1. The van der Waals surface area contributed by atoms with Gasteiger partial charge in [-0.1, -0.05) is 25.1 Å². The molecule has 1 aliphatic heterocycles. The van der Waals surface area contributed by atoms with Crippen LogP contribution in [0.2, 0.25) is 0 Å². The molecule has 2 N–H and O–H groups in total. The van der Waals surface area contributed by atoms with Crippen molar-refractivity contribution in [1.82, 2.24) is 10.6 Å². The number of carbonyl (C=O) groups excluding carboxylic acids is 4. The summed E-state index contributed by atoms with van der Waals surface area (Å²) >= 11 is 0. The second-order valence-electron chi connectivity index (χ2n) is 6.23. The minimum Gasteiger partial charge on any atom is -0.455 e. The predicted molar refractivity (Wildman–Crippen MR) is 98.9 cm³/mol. The first-order chi connectivity index (χ1) is 13.0. The Morgan fingerprint density at radius 2 is 1.89 bits per heavy atom. The molecular formula is C19H25N3O5. The van der Waals surface area contributed by atoms with E-state index in [-0.39, 0.29) is 31.3 Å². The number of nitrogens with one attached hydrogen (secondary N) is 2. The Hall–Kier alpha value is -2.90. The molecule has 0 bridgehead atoms. The highest BCUT2D eigenvalue weighted by Crippen LogP contribution is 2.28. The van der Waals surface area contributed by atoms with Crippen LogP contribution in [-0.4, -0.2) is 49.9 Å². The largest absolute Gasteiger partial charge is 0.455 e. The van der Waals surface area contributed by atoms with Crippen LogP contribution in [0.25, 0.3) is 0 Å². The van der Waals surface area contributed by atoms with Gasteiger partial charge in [-0.25, -0.2) is 0 Å². The van der Waals surface area contributed by atoms with Crippen LogP contribution >= 0.6 is 0 Å². The number of carbonyl (C=O) groups is 4. The van der Waals surface area contributed by atoms with E-state index < -0.39 is 24.4 Å². The number of likely N-dealkylation sites (N-methyl/N-ethyl adjacent to an activating group) is 1. The average molecular weight is 375 g/mol. The number of esters is 1. The fourth-order valence-electron chi connectivity index (χ4n) is 2.92. The van der Waals surface area contributed by atoms with Gasteiger partial charge in [-0.3, -0.25) is 19.2 Å². The summed E-state index contributed by atoms with van der Waals surface area (Å²) in [5.41, 5.74) is 1.84. The van der Waals surface area contributed by atoms with Gasteiger partial charge in [-0.2, -0.15) is 0 Å². The van der Waals surface area contributed by atoms with Crippen molar-refractivity contribution in [2.45, 2.75) is 26.7 Å². The topological polar surface area (TPSA) is 105 Å². The standard InChI is InChI=1S/C19H25N3O5/c1-3-13-7-5-6-8-15(13)22-11-14(9-18(22)25)19(26)27-12-17(24)21-10-16(23)20-4-2/h5-8,14H,3-4,9-12H2,1-2H3,(H,20,23)(H,21,24)/t14-/m0/s1. The Morgan fingerprint density at radius 3 is 2.59 bits per heavy atom. The molecule has 146 valence electrons. The first-order valence-electron chi connectivity index (χ1n) is 9.04. The zero-order chi connectivity index (χ0) is 19.8. The molecule has 1 fully saturated rings. The SMILES string of the molecule is CCNC(=O)CNC(=O)COC(=O)[C@H]1CC(=O)N(c2ccccc2CC)C1. The second-order valence-corrected chi connectivity index (χ2v) is 6.23. The highest BCUT2D eigenvalue weighted by Gasteiger charge is 2.36. The molecular weight excluding hydrogens is 350 g/mol. The van der Waals surface area contributed by atoms with Gasteiger partial charge in [-0.05, 0) is 25.0 Å². The van der Waals surface area contributed by atoms with Gasteiger partial charge >= 0.3 is 5.97 Å². The van der Waals surface area contributed by atoms with E-state index in [4.69, 9.17) is 4.74 Å². The van der Waals surface area contributed by atoms with Gasteiger partial charge in [0.05, 0.1) is 12.5 Å². The van der Waals surface area contributed by atoms with Crippen molar-refractivity contribution in [2.24, 2.45) is 5.92 Å². The highest BCUT2D eigenvalue weighted by molar-refractivity contribution is 6.00. The van der Waals surface area contributed by atoms with E-state index in [2.05, 4.69) is 10.6 Å². The van der Waals surface area contributed by atoms with Crippen LogP contribution < -0.4 is 15.5 Å². The lowest BCUT2D eigenvalue weighted by Gasteiger charge is -2.19. The Bertz CT molecular complexity index is 719. The van der Waals surface area contributed by atoms with Crippen molar-refractivity contribution < 1.29 is 23.9 Å². The van der Waals surface area contributed by atoms with E-state index in [1.165, 1.54) is 0 Å². The summed E-state index contributed by atoms with van der Waals surface area (Å²) in [5.74, 6) is -2.22. The van der Waals surface area contributed by atoms with E-state index in [9.17, 15) is 19.2 Å². The van der Waals surface area contributed by atoms with Crippen LogP contribution in [0.15, 0.2) is 24.3 Å². The number of hydrogen-bond donors (Lipinski definition) is 2. The predicted octanol–water partition coefficient (Wildman–Crippen LogP) is 0.397. The van der Waals surface area contributed by atoms with Gasteiger partial charge in [0.25, 0.3) is 5.91 Å². The highest BCUT2D eigenvalue weighted by atomic mass is 16.5. The Kier molecular flexibility index (Phi) is 7.34. The summed E-state index contributed by atoms with van der Waals surface area (Å²) in [5, 5.41) is 4.91. The average Bonchev–Trinajstić information content (AvgIpc) is 3.06. The van der Waals surface area contributed by atoms with Crippen LogP contribution in [0, 0.1) is 5.92 Å². The Labute approximate surface area is 158 Å². The third-order valence-corrected chi connectivity index (χ3v) is 4.29. The van der Waals surface area contributed by atoms with Crippen LogP contribution in [0.3, 0.4) is 0 Å². The molecule has 0 radical (unpaired) electrons. The second kappa shape index (κ2) is 9.70. The molecule has 8 nitrogen and oxygen atoms in total. The van der Waals surface area contributed by atoms with E-state index in [0.29, 0.717) is 6.54 Å². The first kappa shape index (κ1) is 20.4. The molecule has 27 heavy (non-hydrogen) atoms. The lowest BCUT2D eigenvalue weighted by Crippen LogP contribution is -2.39. The lowest BCUT2D eigenvalue weighted by atomic mass is 10.1. The molecule has 1 aromatic rings. The minimum absolute atomic E-state index is 0.0530. The summed E-state index contributed by atoms with van der Waals surface area (Å²) < 4.78 is 5.01. The van der Waals surface area contributed by atoms with Gasteiger partial charge in [-0.15, -0.1) is 0 Å². The minimum atomic E-state index is -0.612. The van der Waals surface area contributed by atoms with Crippen LogP contribution in [0.4, 0.5) is 5.69 Å². The zero-order valence-corrected chi connectivity index (χ0v) is 15.6. The number of ether oxygens (including phenoxy) is 1. The first-order valence-corrected chi connectivity index (χ1v) is 9.04. The van der Waals surface area contributed by atoms with Crippen molar-refractivity contribution in [2.75, 3.05) is 31.1 Å². The monoisotopic (exact) mass is 375 g/mol. The van der Waals surface area contributed by atoms with Gasteiger partial charge in [0, 0.05) is 25.2 Å². The maximum absolute atomic E-state index is 12.3. The fourth-order valence-corrected chi connectivity index (χ4v) is 2.92. The smallest absolute Gasteiger partial charge is 0.311 e. The number of aryl methyl sites for hydroxylation is 1. The summed E-state index contributed by atoms with van der Waals surface area (Å²) in [4.78, 5) is 49.1. The maximum atomic E-state index is 12.3. The van der Waals surface area contributed by atoms with Crippen LogP contribution in [0.1, 0.15) is 25.8 Å². The molecule has 0 aliphatic carbocycles. The summed E-state index contributed by atoms with van der Waals surface area (Å²) in [6.07, 6.45) is 0.832. The number of rotatable bonds is 8. The molecule has 0 unspecified atom stereocenters. The molecule has 0 spiro atoms. The molecule has 0 saturated carbocycles. The molecule has 1 atom stereocenters. The van der Waals surface area contributed by atoms with Gasteiger partial charge in [0.2, 0.25) is 11.8 Å². The molecule has 2 rings (SSSR count). The normalized spacial score (nSPS) is 16.1. The molecule has 0 aromatic heterocycles. The van der Waals surface area contributed by atoms with Crippen LogP contribution in [0.5, 0.6) is 0 Å². The van der Waals surface area contributed by atoms with Crippen molar-refractivity contribution >= 4 is 29.4 Å². The van der Waals surface area contributed by atoms with E-state index in [1.54, 1.807) is 11.8 Å². The van der Waals surface area contributed by atoms with Crippen molar-refractivity contribution in [3.63, 3.8) is 0 Å². The number of benzene rings is 1. The Morgan fingerprint density at radius 1 is 1.15 bits per heavy atom. The lowest BCUT2D eigenvalue weighted by molar-refractivity contribution is -0.152. The molecule has 1 heterocycles. The fraction of sp³-hybridized carbons (Fsp3) is 0.474. The van der Waals surface area contributed by atoms with Gasteiger partial charge in [0.15, 0.2) is 6.61 Å². The van der Waals surface area contributed by atoms with Crippen LogP contribution in [-0.2, 0) is 30.3 Å². The third kappa shape index (κ3) is 5.54. The van der Waals surface area contributed by atoms with E-state index in [0.717, 1.165) is 17.7 Å². The van der Waals surface area contributed by atoms with E-state index >= 15 is 0 Å². The quantitative estimate of drug-likeness (QED) is 0.640. The molecule has 1 saturated heterocycles. The number of anilines is 1. The van der Waals surface area contributed by atoms with Gasteiger partial charge in [0.1, 0.15) is 0 Å². The van der Waals surface area contributed by atoms with Gasteiger partial charge < -0.3 is 20.3 Å². The van der Waals surface area contributed by atoms with E-state index in [1.807, 2.05) is 31.2 Å². The summed E-state index contributed by atoms with van der Waals surface area (Å²) in [6, 6.07) is 7.58. The Balaban J connectivity index is 1.85. The molecule has 1 aliphatic rings. The summed E-state index contributed by atoms with van der Waals surface area (Å²) in [7, 11) is 0. The number of nitrogens with zero attached hydrogens (tertiary/aromatic N) is 1. The van der Waals surface area contributed by atoms with Crippen molar-refractivity contribution in [3.05, 3.63) is 29.8 Å². The number of amides is 3. The molecule has 3 amide bonds.